The summed E-state index contributed by atoms with van der Waals surface area (Å²) in [6.07, 6.45) is -17.4. The molecule has 0 aromatic carbocycles. The molecule has 0 unspecified atom stereocenters. The van der Waals surface area contributed by atoms with Crippen LogP contribution < -0.4 is 5.32 Å². The molecule has 3 fully saturated rings. The minimum atomic E-state index is -1.70. The van der Waals surface area contributed by atoms with Gasteiger partial charge in [-0.05, 0) is 32.6 Å². The van der Waals surface area contributed by atoms with Crippen molar-refractivity contribution in [3.63, 3.8) is 0 Å². The third-order valence-corrected chi connectivity index (χ3v) is 11.2. The van der Waals surface area contributed by atoms with Gasteiger partial charge in [-0.15, -0.1) is 0 Å². The summed E-state index contributed by atoms with van der Waals surface area (Å²) in [6.45, 7) is 1.07. The number of carbonyl (C=O) groups is 3. The van der Waals surface area contributed by atoms with Crippen LogP contribution in [0.5, 0.6) is 0 Å². The van der Waals surface area contributed by atoms with Gasteiger partial charge in [0.2, 0.25) is 5.91 Å². The molecule has 0 spiro atoms. The highest BCUT2D eigenvalue weighted by atomic mass is 16.7. The fourth-order valence-electron chi connectivity index (χ4n) is 7.29. The van der Waals surface area contributed by atoms with E-state index in [2.05, 4.69) is 5.32 Å². The van der Waals surface area contributed by atoms with Crippen LogP contribution in [0.15, 0.2) is 0 Å². The largest absolute Gasteiger partial charge is 0.394 e. The zero-order chi connectivity index (χ0) is 45.2. The van der Waals surface area contributed by atoms with E-state index in [4.69, 9.17) is 28.4 Å². The summed E-state index contributed by atoms with van der Waals surface area (Å²) in [5.74, 6) is -0.282. The molecule has 3 aliphatic rings. The second-order valence-electron chi connectivity index (χ2n) is 15.8. The molecule has 0 bridgehead atoms. The Morgan fingerprint density at radius 2 is 1.02 bits per heavy atom. The minimum Gasteiger partial charge on any atom is -0.394 e. The quantitative estimate of drug-likeness (QED) is 0.0329. The Morgan fingerprint density at radius 1 is 0.574 bits per heavy atom. The highest BCUT2D eigenvalue weighted by molar-refractivity contribution is 5.81. The molecule has 22 heteroatoms. The summed E-state index contributed by atoms with van der Waals surface area (Å²) in [5.41, 5.74) is 0. The molecule has 0 aromatic heterocycles. The molecule has 3 rings (SSSR count). The third kappa shape index (κ3) is 16.2. The standard InChI is InChI=1S/C39H70N2O20/c1-3-22(44)9-7-8-11-23(45)10-5-4-6-12-24(36(55)40-13-16-56-37-33(52)30(49)27(46)21(2)59-37)41(14-17-57-38-34(53)31(50)28(47)25(19-42)60-38)15-18-58-39-35(54)32(51)29(48)26(20-43)61-39/h21,24-35,37-39,42-43,46-54H,3-20H2,1-2H3,(H,40,55)/t21-,24-,25+,26+,27+,28+,29+,30+,31-,32-,33-,34-,35-,37+,38-,39-/m0/s1. The van der Waals surface area contributed by atoms with Crippen LogP contribution in [0.2, 0.25) is 0 Å². The number of nitrogens with zero attached hydrogens (tertiary/aromatic N) is 1. The summed E-state index contributed by atoms with van der Waals surface area (Å²) in [4.78, 5) is 39.7. The van der Waals surface area contributed by atoms with Gasteiger partial charge in [0.1, 0.15) is 78.7 Å². The molecule has 0 aliphatic carbocycles. The number of aliphatic hydroxyl groups excluding tert-OH is 11. The van der Waals surface area contributed by atoms with Gasteiger partial charge < -0.3 is 89.9 Å². The summed E-state index contributed by atoms with van der Waals surface area (Å²) in [5, 5.41) is 114. The lowest BCUT2D eigenvalue weighted by atomic mass is 9.99. The highest BCUT2D eigenvalue weighted by Crippen LogP contribution is 2.25. The van der Waals surface area contributed by atoms with Crippen molar-refractivity contribution in [2.24, 2.45) is 0 Å². The van der Waals surface area contributed by atoms with Crippen LogP contribution in [-0.2, 0) is 42.8 Å². The molecule has 12 N–H and O–H groups in total. The topological polar surface area (TPSA) is 344 Å². The number of amides is 1. The Balaban J connectivity index is 1.72. The zero-order valence-electron chi connectivity index (χ0n) is 35.0. The van der Waals surface area contributed by atoms with E-state index in [1.54, 1.807) is 11.8 Å². The normalized spacial score (nSPS) is 35.0. The van der Waals surface area contributed by atoms with Gasteiger partial charge in [0.15, 0.2) is 18.9 Å². The first-order valence-electron chi connectivity index (χ1n) is 21.3. The number of aliphatic hydroxyl groups is 11. The number of ether oxygens (including phenoxy) is 6. The molecular formula is C39H70N2O20. The van der Waals surface area contributed by atoms with E-state index in [1.165, 1.54) is 6.92 Å². The monoisotopic (exact) mass is 886 g/mol. The second kappa shape index (κ2) is 27.4. The van der Waals surface area contributed by atoms with Gasteiger partial charge in [-0.3, -0.25) is 19.3 Å². The summed E-state index contributed by atoms with van der Waals surface area (Å²) >= 11 is 0. The lowest BCUT2D eigenvalue weighted by Crippen LogP contribution is -2.59. The van der Waals surface area contributed by atoms with Gasteiger partial charge in [0.25, 0.3) is 0 Å². The SMILES string of the molecule is CCC(=O)CCCCC(=O)CCCCC[C@@H](C(=O)NCCO[C@@H]1O[C@@H](C)[C@@H](O)[C@@H](O)[C@@H]1O)N(CCO[C@H]1O[C@H](CO)[C@@H](O)[C@H](O)[C@@H]1O)CCO[C@H]1O[C@H](CO)[C@@H](O)[C@H](O)[C@@H]1O. The number of nitrogens with one attached hydrogen (secondary N) is 1. The predicted octanol–water partition coefficient (Wildman–Crippen LogP) is -4.69. The molecule has 0 aromatic rings. The molecule has 3 heterocycles. The third-order valence-electron chi connectivity index (χ3n) is 11.2. The van der Waals surface area contributed by atoms with Crippen LogP contribution in [0, 0.1) is 0 Å². The zero-order valence-corrected chi connectivity index (χ0v) is 35.0. The number of carbonyl (C=O) groups excluding carboxylic acids is 3. The average Bonchev–Trinajstić information content (AvgIpc) is 3.25. The fraction of sp³-hybridized carbons (Fsp3) is 0.923. The Morgan fingerprint density at radius 3 is 1.51 bits per heavy atom. The maximum Gasteiger partial charge on any atom is 0.237 e. The van der Waals surface area contributed by atoms with Crippen molar-refractivity contribution in [3.05, 3.63) is 0 Å². The maximum absolute atomic E-state index is 14.0. The van der Waals surface area contributed by atoms with Gasteiger partial charge in [0.05, 0.1) is 45.2 Å². The first-order valence-corrected chi connectivity index (χ1v) is 21.3. The lowest BCUT2D eigenvalue weighted by molar-refractivity contribution is -0.303. The van der Waals surface area contributed by atoms with Crippen LogP contribution in [-0.4, -0.2) is 229 Å². The highest BCUT2D eigenvalue weighted by Gasteiger charge is 2.46. The molecule has 356 valence electrons. The van der Waals surface area contributed by atoms with Gasteiger partial charge in [0, 0.05) is 45.3 Å². The van der Waals surface area contributed by atoms with Crippen molar-refractivity contribution in [2.75, 3.05) is 52.7 Å². The summed E-state index contributed by atoms with van der Waals surface area (Å²) in [6, 6.07) is -0.933. The van der Waals surface area contributed by atoms with Gasteiger partial charge in [-0.2, -0.15) is 0 Å². The predicted molar refractivity (Wildman–Crippen MR) is 208 cm³/mol. The number of Topliss-reactive ketones (excluding diaryl/α,β-unsaturated/α-hetero) is 2. The Kier molecular flexibility index (Phi) is 24.0. The van der Waals surface area contributed by atoms with E-state index < -0.39 is 117 Å². The van der Waals surface area contributed by atoms with Crippen LogP contribution in [0.25, 0.3) is 0 Å². The number of ketones is 2. The number of unbranched alkanes of at least 4 members (excludes halogenated alkanes) is 3. The molecule has 1 amide bonds. The first-order chi connectivity index (χ1) is 29.1. The second-order valence-corrected chi connectivity index (χ2v) is 15.8. The maximum atomic E-state index is 14.0. The molecule has 3 aliphatic heterocycles. The van der Waals surface area contributed by atoms with Gasteiger partial charge in [-0.25, -0.2) is 0 Å². The van der Waals surface area contributed by atoms with Crippen molar-refractivity contribution in [2.45, 2.75) is 176 Å². The number of rotatable bonds is 28. The molecule has 16 atom stereocenters. The van der Waals surface area contributed by atoms with Crippen LogP contribution in [0.4, 0.5) is 0 Å². The van der Waals surface area contributed by atoms with E-state index >= 15 is 0 Å². The van der Waals surface area contributed by atoms with E-state index in [-0.39, 0.29) is 57.4 Å². The van der Waals surface area contributed by atoms with Crippen molar-refractivity contribution in [3.8, 4) is 0 Å². The fourth-order valence-corrected chi connectivity index (χ4v) is 7.29. The molecule has 3 saturated heterocycles. The summed E-state index contributed by atoms with van der Waals surface area (Å²) < 4.78 is 33.4. The average molecular weight is 887 g/mol. The Labute approximate surface area is 355 Å². The van der Waals surface area contributed by atoms with Gasteiger partial charge >= 0.3 is 0 Å². The molecule has 0 saturated carbocycles. The molecule has 61 heavy (non-hydrogen) atoms. The van der Waals surface area contributed by atoms with Crippen LogP contribution >= 0.6 is 0 Å². The van der Waals surface area contributed by atoms with E-state index in [0.29, 0.717) is 57.8 Å². The van der Waals surface area contributed by atoms with Crippen LogP contribution in [0.1, 0.15) is 78.1 Å². The molecule has 22 nitrogen and oxygen atoms in total. The Hall–Kier alpha value is -1.91. The molecule has 0 radical (unpaired) electrons. The van der Waals surface area contributed by atoms with E-state index in [9.17, 15) is 70.6 Å². The lowest BCUT2D eigenvalue weighted by Gasteiger charge is -2.40. The minimum absolute atomic E-state index is 0.0547. The van der Waals surface area contributed by atoms with E-state index in [0.717, 1.165) is 0 Å². The van der Waals surface area contributed by atoms with Crippen molar-refractivity contribution < 1.29 is 99.0 Å². The number of hydrogen-bond acceptors (Lipinski definition) is 21. The van der Waals surface area contributed by atoms with E-state index in [1.807, 2.05) is 0 Å². The summed E-state index contributed by atoms with van der Waals surface area (Å²) in [7, 11) is 0. The van der Waals surface area contributed by atoms with Crippen molar-refractivity contribution in [1.82, 2.24) is 10.2 Å². The van der Waals surface area contributed by atoms with Gasteiger partial charge in [-0.1, -0.05) is 19.8 Å². The Bertz CT molecular complexity index is 1240. The smallest absolute Gasteiger partial charge is 0.237 e. The van der Waals surface area contributed by atoms with Crippen LogP contribution in [0.3, 0.4) is 0 Å². The number of hydrogen-bond donors (Lipinski definition) is 12. The van der Waals surface area contributed by atoms with Crippen molar-refractivity contribution >= 4 is 17.5 Å². The van der Waals surface area contributed by atoms with Crippen molar-refractivity contribution in [1.29, 1.82) is 0 Å². The molecular weight excluding hydrogens is 816 g/mol. The first kappa shape index (κ1) is 53.4.